The molecule has 1 aromatic heterocycles. The predicted octanol–water partition coefficient (Wildman–Crippen LogP) is 4.58. The molecule has 0 fully saturated rings. The minimum absolute atomic E-state index is 0.322. The van der Waals surface area contributed by atoms with Crippen LogP contribution in [0.3, 0.4) is 0 Å². The zero-order valence-electron chi connectivity index (χ0n) is 15.0. The van der Waals surface area contributed by atoms with Crippen molar-refractivity contribution in [2.45, 2.75) is 6.92 Å². The first-order chi connectivity index (χ1) is 13.1. The van der Waals surface area contributed by atoms with E-state index in [1.807, 2.05) is 12.1 Å². The highest BCUT2D eigenvalue weighted by molar-refractivity contribution is 6.33. The molecule has 0 saturated heterocycles. The number of nitrogens with zero attached hydrogens (tertiary/aromatic N) is 1. The van der Waals surface area contributed by atoms with E-state index in [0.29, 0.717) is 52.3 Å². The van der Waals surface area contributed by atoms with Crippen molar-refractivity contribution >= 4 is 23.2 Å². The van der Waals surface area contributed by atoms with Gasteiger partial charge in [0, 0.05) is 18.4 Å². The molecular weight excluding hydrogens is 368 g/mol. The minimum atomic E-state index is -0.322. The zero-order chi connectivity index (χ0) is 19.2. The highest BCUT2D eigenvalue weighted by Crippen LogP contribution is 2.31. The van der Waals surface area contributed by atoms with E-state index in [4.69, 9.17) is 25.6 Å². The van der Waals surface area contributed by atoms with E-state index < -0.39 is 0 Å². The van der Waals surface area contributed by atoms with Crippen molar-refractivity contribution in [1.82, 2.24) is 5.16 Å². The minimum Gasteiger partial charge on any atom is -0.491 e. The van der Waals surface area contributed by atoms with Gasteiger partial charge in [-0.25, -0.2) is 0 Å². The van der Waals surface area contributed by atoms with Crippen molar-refractivity contribution in [2.24, 2.45) is 0 Å². The Bertz CT molecular complexity index is 922. The number of amides is 1. The van der Waals surface area contributed by atoms with Crippen molar-refractivity contribution in [3.05, 3.63) is 64.9 Å². The summed E-state index contributed by atoms with van der Waals surface area (Å²) in [7, 11) is 1.62. The van der Waals surface area contributed by atoms with Crippen molar-refractivity contribution < 1.29 is 18.8 Å². The number of carbonyl (C=O) groups excluding carboxylic acids is 1. The summed E-state index contributed by atoms with van der Waals surface area (Å²) in [6.07, 6.45) is 0. The fraction of sp³-hybridized carbons (Fsp3) is 0.200. The molecule has 1 heterocycles. The lowest BCUT2D eigenvalue weighted by molar-refractivity contribution is 0.102. The topological polar surface area (TPSA) is 73.6 Å². The van der Waals surface area contributed by atoms with Gasteiger partial charge < -0.3 is 19.3 Å². The number of aromatic nitrogens is 1. The lowest BCUT2D eigenvalue weighted by atomic mass is 10.1. The number of anilines is 1. The van der Waals surface area contributed by atoms with E-state index in [1.54, 1.807) is 50.4 Å². The summed E-state index contributed by atoms with van der Waals surface area (Å²) in [5, 5.41) is 7.36. The van der Waals surface area contributed by atoms with Gasteiger partial charge in [-0.1, -0.05) is 35.0 Å². The van der Waals surface area contributed by atoms with Gasteiger partial charge in [0.15, 0.2) is 0 Å². The lowest BCUT2D eigenvalue weighted by Crippen LogP contribution is -2.13. The Labute approximate surface area is 162 Å². The van der Waals surface area contributed by atoms with Crippen LogP contribution in [0, 0.1) is 6.92 Å². The second-order valence-corrected chi connectivity index (χ2v) is 6.17. The molecule has 3 rings (SSSR count). The molecule has 0 unspecified atom stereocenters. The van der Waals surface area contributed by atoms with Gasteiger partial charge in [0.1, 0.15) is 29.4 Å². The summed E-state index contributed by atoms with van der Waals surface area (Å²) in [5.41, 5.74) is 2.03. The molecule has 7 heteroatoms. The van der Waals surface area contributed by atoms with Crippen LogP contribution in [0.4, 0.5) is 5.69 Å². The fourth-order valence-electron chi connectivity index (χ4n) is 2.55. The van der Waals surface area contributed by atoms with Gasteiger partial charge in [0.05, 0.1) is 11.6 Å². The van der Waals surface area contributed by atoms with E-state index in [2.05, 4.69) is 10.5 Å². The SMILES string of the molecule is COCCOc1ccc(NC(=O)c2c(-c3ccccc3Cl)noc2C)cc1. The number of hydrogen-bond donors (Lipinski definition) is 1. The molecular formula is C20H19ClN2O4. The van der Waals surface area contributed by atoms with E-state index in [-0.39, 0.29) is 5.91 Å². The summed E-state index contributed by atoms with van der Waals surface area (Å²) in [5.74, 6) is 0.793. The number of halogens is 1. The summed E-state index contributed by atoms with van der Waals surface area (Å²) < 4.78 is 15.7. The normalized spacial score (nSPS) is 10.6. The number of ether oxygens (including phenoxy) is 2. The maximum Gasteiger partial charge on any atom is 0.261 e. The molecule has 0 spiro atoms. The third-order valence-corrected chi connectivity index (χ3v) is 4.22. The Hall–Kier alpha value is -2.83. The van der Waals surface area contributed by atoms with Crippen LogP contribution in [0.25, 0.3) is 11.3 Å². The van der Waals surface area contributed by atoms with Gasteiger partial charge in [-0.2, -0.15) is 0 Å². The largest absolute Gasteiger partial charge is 0.491 e. The first kappa shape index (κ1) is 18.9. The third kappa shape index (κ3) is 4.48. The smallest absolute Gasteiger partial charge is 0.261 e. The molecule has 2 aromatic carbocycles. The van der Waals surface area contributed by atoms with Crippen molar-refractivity contribution in [2.75, 3.05) is 25.6 Å². The first-order valence-electron chi connectivity index (χ1n) is 8.34. The van der Waals surface area contributed by atoms with Gasteiger partial charge in [0.25, 0.3) is 5.91 Å². The highest BCUT2D eigenvalue weighted by Gasteiger charge is 2.23. The van der Waals surface area contributed by atoms with Crippen LogP contribution in [0.5, 0.6) is 5.75 Å². The molecule has 0 bridgehead atoms. The summed E-state index contributed by atoms with van der Waals surface area (Å²) in [6, 6.07) is 14.3. The maximum atomic E-state index is 12.8. The van der Waals surface area contributed by atoms with Crippen LogP contribution < -0.4 is 10.1 Å². The number of carbonyl (C=O) groups is 1. The third-order valence-electron chi connectivity index (χ3n) is 3.89. The summed E-state index contributed by atoms with van der Waals surface area (Å²) >= 11 is 6.24. The molecule has 0 atom stereocenters. The highest BCUT2D eigenvalue weighted by atomic mass is 35.5. The van der Waals surface area contributed by atoms with Gasteiger partial charge in [-0.3, -0.25) is 4.79 Å². The average molecular weight is 387 g/mol. The fourth-order valence-corrected chi connectivity index (χ4v) is 2.77. The molecule has 0 aliphatic heterocycles. The van der Waals surface area contributed by atoms with Crippen molar-refractivity contribution in [1.29, 1.82) is 0 Å². The zero-order valence-corrected chi connectivity index (χ0v) is 15.7. The Morgan fingerprint density at radius 1 is 1.15 bits per heavy atom. The molecule has 1 N–H and O–H groups in total. The van der Waals surface area contributed by atoms with Gasteiger partial charge in [-0.05, 0) is 37.3 Å². The second-order valence-electron chi connectivity index (χ2n) is 5.76. The molecule has 6 nitrogen and oxygen atoms in total. The van der Waals surface area contributed by atoms with Crippen LogP contribution in [0.1, 0.15) is 16.1 Å². The van der Waals surface area contributed by atoms with Crippen LogP contribution >= 0.6 is 11.6 Å². The first-order valence-corrected chi connectivity index (χ1v) is 8.72. The van der Waals surface area contributed by atoms with Gasteiger partial charge in [-0.15, -0.1) is 0 Å². The summed E-state index contributed by atoms with van der Waals surface area (Å²) in [6.45, 7) is 2.66. The van der Waals surface area contributed by atoms with E-state index >= 15 is 0 Å². The lowest BCUT2D eigenvalue weighted by Gasteiger charge is -2.09. The number of rotatable bonds is 7. The number of benzene rings is 2. The molecule has 1 amide bonds. The predicted molar refractivity (Wildman–Crippen MR) is 103 cm³/mol. The van der Waals surface area contributed by atoms with Crippen LogP contribution in [-0.4, -0.2) is 31.4 Å². The standard InChI is InChI=1S/C20H19ClN2O4/c1-13-18(19(23-27-13)16-5-3-4-6-17(16)21)20(24)22-14-7-9-15(10-8-14)26-12-11-25-2/h3-10H,11-12H2,1-2H3,(H,22,24). The average Bonchev–Trinajstić information content (AvgIpc) is 3.05. The molecule has 0 aliphatic carbocycles. The molecule has 3 aromatic rings. The summed E-state index contributed by atoms with van der Waals surface area (Å²) in [4.78, 5) is 12.8. The monoisotopic (exact) mass is 386 g/mol. The number of aryl methyl sites for hydroxylation is 1. The van der Waals surface area contributed by atoms with E-state index in [1.165, 1.54) is 0 Å². The van der Waals surface area contributed by atoms with E-state index in [9.17, 15) is 4.79 Å². The van der Waals surface area contributed by atoms with Crippen LogP contribution in [0.2, 0.25) is 5.02 Å². The van der Waals surface area contributed by atoms with Crippen LogP contribution in [0.15, 0.2) is 53.1 Å². The van der Waals surface area contributed by atoms with Crippen molar-refractivity contribution in [3.8, 4) is 17.0 Å². The number of methoxy groups -OCH3 is 1. The second kappa shape index (κ2) is 8.70. The van der Waals surface area contributed by atoms with Gasteiger partial charge in [0.2, 0.25) is 0 Å². The molecule has 0 saturated carbocycles. The quantitative estimate of drug-likeness (QED) is 0.601. The van der Waals surface area contributed by atoms with Gasteiger partial charge >= 0.3 is 0 Å². The Morgan fingerprint density at radius 3 is 2.59 bits per heavy atom. The Balaban J connectivity index is 1.77. The molecule has 140 valence electrons. The maximum absolute atomic E-state index is 12.8. The number of nitrogens with one attached hydrogen (secondary N) is 1. The molecule has 27 heavy (non-hydrogen) atoms. The molecule has 0 aliphatic rings. The van der Waals surface area contributed by atoms with Crippen molar-refractivity contribution in [3.63, 3.8) is 0 Å². The Kier molecular flexibility index (Phi) is 6.11. The van der Waals surface area contributed by atoms with E-state index in [0.717, 1.165) is 0 Å². The van der Waals surface area contributed by atoms with Crippen LogP contribution in [-0.2, 0) is 4.74 Å². The number of hydrogen-bond acceptors (Lipinski definition) is 5. The molecule has 0 radical (unpaired) electrons. The Morgan fingerprint density at radius 2 is 1.89 bits per heavy atom.